The predicted octanol–water partition coefficient (Wildman–Crippen LogP) is 4.55. The van der Waals surface area contributed by atoms with Gasteiger partial charge in [0.25, 0.3) is 0 Å². The van der Waals surface area contributed by atoms with Crippen molar-refractivity contribution in [3.05, 3.63) is 30.2 Å². The molecular weight excluding hydrogens is 336 g/mol. The fraction of sp³-hybridized carbons (Fsp3) is 0.438. The number of furan rings is 1. The molecule has 0 aliphatic heterocycles. The number of alkyl halides is 1. The summed E-state index contributed by atoms with van der Waals surface area (Å²) in [5, 5.41) is 2.63. The van der Waals surface area contributed by atoms with Gasteiger partial charge in [-0.2, -0.15) is 0 Å². The minimum atomic E-state index is -0.434. The number of benzene rings is 1. The zero-order chi connectivity index (χ0) is 15.1. The molecule has 4 nitrogen and oxygen atoms in total. The maximum atomic E-state index is 11.7. The van der Waals surface area contributed by atoms with Crippen molar-refractivity contribution in [3.63, 3.8) is 0 Å². The fourth-order valence-corrected chi connectivity index (χ4v) is 2.44. The lowest BCUT2D eigenvalue weighted by Crippen LogP contribution is -2.03. The second kappa shape index (κ2) is 8.08. The largest absolute Gasteiger partial charge is 0.494 e. The molecule has 2 rings (SSSR count). The molecule has 0 aliphatic rings. The lowest BCUT2D eigenvalue weighted by atomic mass is 10.2. The summed E-state index contributed by atoms with van der Waals surface area (Å²) in [6.45, 7) is 2.79. The average molecular weight is 355 g/mol. The van der Waals surface area contributed by atoms with Crippen LogP contribution < -0.4 is 4.74 Å². The van der Waals surface area contributed by atoms with Crippen LogP contribution in [-0.4, -0.2) is 24.5 Å². The third-order valence-electron chi connectivity index (χ3n) is 3.08. The second-order valence-electron chi connectivity index (χ2n) is 4.63. The summed E-state index contributed by atoms with van der Waals surface area (Å²) in [5.74, 6) is 0.601. The highest BCUT2D eigenvalue weighted by molar-refractivity contribution is 9.09. The van der Waals surface area contributed by atoms with Crippen molar-refractivity contribution in [2.75, 3.05) is 18.5 Å². The summed E-state index contributed by atoms with van der Waals surface area (Å²) in [7, 11) is 0. The summed E-state index contributed by atoms with van der Waals surface area (Å²) in [6, 6.07) is 5.57. The van der Waals surface area contributed by atoms with Gasteiger partial charge in [-0.25, -0.2) is 4.79 Å². The Labute approximate surface area is 132 Å². The van der Waals surface area contributed by atoms with Gasteiger partial charge in [-0.1, -0.05) is 15.9 Å². The van der Waals surface area contributed by atoms with Crippen molar-refractivity contribution in [2.45, 2.75) is 26.2 Å². The number of ether oxygens (including phenoxy) is 2. The molecule has 0 fully saturated rings. The molecule has 0 atom stereocenters. The van der Waals surface area contributed by atoms with Crippen molar-refractivity contribution in [1.29, 1.82) is 0 Å². The molecule has 0 saturated carbocycles. The molecule has 1 aromatic carbocycles. The van der Waals surface area contributed by atoms with Crippen LogP contribution in [0.5, 0.6) is 5.75 Å². The van der Waals surface area contributed by atoms with E-state index in [2.05, 4.69) is 15.9 Å². The smallest absolute Gasteiger partial charge is 0.374 e. The van der Waals surface area contributed by atoms with Gasteiger partial charge in [0.15, 0.2) is 0 Å². The van der Waals surface area contributed by atoms with E-state index in [-0.39, 0.29) is 5.76 Å². The van der Waals surface area contributed by atoms with E-state index in [0.717, 1.165) is 41.1 Å². The van der Waals surface area contributed by atoms with Crippen molar-refractivity contribution in [1.82, 2.24) is 0 Å². The van der Waals surface area contributed by atoms with Gasteiger partial charge in [-0.3, -0.25) is 0 Å². The Kier molecular flexibility index (Phi) is 6.11. The van der Waals surface area contributed by atoms with Crippen molar-refractivity contribution < 1.29 is 18.7 Å². The first-order valence-corrected chi connectivity index (χ1v) is 8.25. The van der Waals surface area contributed by atoms with Gasteiger partial charge < -0.3 is 13.9 Å². The van der Waals surface area contributed by atoms with Crippen LogP contribution in [0, 0.1) is 0 Å². The van der Waals surface area contributed by atoms with Gasteiger partial charge in [0.1, 0.15) is 5.75 Å². The van der Waals surface area contributed by atoms with Crippen LogP contribution in [0.15, 0.2) is 28.9 Å². The number of halogens is 1. The molecule has 21 heavy (non-hydrogen) atoms. The van der Waals surface area contributed by atoms with Crippen LogP contribution >= 0.6 is 15.9 Å². The fourth-order valence-electron chi connectivity index (χ4n) is 2.04. The first-order chi connectivity index (χ1) is 10.3. The highest BCUT2D eigenvalue weighted by Gasteiger charge is 2.16. The Morgan fingerprint density at radius 1 is 1.29 bits per heavy atom. The van der Waals surface area contributed by atoms with Crippen LogP contribution in [0.25, 0.3) is 10.8 Å². The third-order valence-corrected chi connectivity index (χ3v) is 3.64. The summed E-state index contributed by atoms with van der Waals surface area (Å²) in [4.78, 5) is 11.7. The number of esters is 1. The van der Waals surface area contributed by atoms with Crippen molar-refractivity contribution in [2.24, 2.45) is 0 Å². The Morgan fingerprint density at radius 2 is 2.14 bits per heavy atom. The summed E-state index contributed by atoms with van der Waals surface area (Å²) < 4.78 is 16.0. The molecule has 0 aliphatic carbocycles. The normalized spacial score (nSPS) is 10.8. The molecule has 2 aromatic rings. The molecule has 0 spiro atoms. The Hall–Kier alpha value is -1.49. The van der Waals surface area contributed by atoms with Crippen molar-refractivity contribution in [3.8, 4) is 5.75 Å². The number of rotatable bonds is 8. The number of carbonyl (C=O) groups excluding carboxylic acids is 1. The van der Waals surface area contributed by atoms with E-state index in [9.17, 15) is 4.79 Å². The monoisotopic (exact) mass is 354 g/mol. The van der Waals surface area contributed by atoms with Crippen LogP contribution in [-0.2, 0) is 4.74 Å². The van der Waals surface area contributed by atoms with E-state index in [4.69, 9.17) is 13.9 Å². The van der Waals surface area contributed by atoms with Crippen LogP contribution in [0.4, 0.5) is 0 Å². The van der Waals surface area contributed by atoms with Crippen molar-refractivity contribution >= 4 is 32.7 Å². The van der Waals surface area contributed by atoms with E-state index in [1.807, 2.05) is 18.2 Å². The number of carbonyl (C=O) groups is 1. The maximum absolute atomic E-state index is 11.7. The molecule has 0 radical (unpaired) electrons. The van der Waals surface area contributed by atoms with E-state index >= 15 is 0 Å². The highest BCUT2D eigenvalue weighted by atomic mass is 79.9. The van der Waals surface area contributed by atoms with Gasteiger partial charge >= 0.3 is 5.97 Å². The standard InChI is InChI=1S/C16H19BrO4/c1-2-19-16(18)15-14-7-6-13(10-12(14)11-21-15)20-9-5-3-4-8-17/h6-7,10-11H,2-5,8-9H2,1H3. The zero-order valence-electron chi connectivity index (χ0n) is 12.1. The van der Waals surface area contributed by atoms with Gasteiger partial charge in [0.05, 0.1) is 19.5 Å². The minimum Gasteiger partial charge on any atom is -0.494 e. The quantitative estimate of drug-likeness (QED) is 0.396. The SMILES string of the molecule is CCOC(=O)c1occ2cc(OCCCCCBr)ccc12. The van der Waals surface area contributed by atoms with Crippen LogP contribution in [0.2, 0.25) is 0 Å². The average Bonchev–Trinajstić information content (AvgIpc) is 2.90. The van der Waals surface area contributed by atoms with Crippen LogP contribution in [0.3, 0.4) is 0 Å². The molecule has 0 unspecified atom stereocenters. The minimum absolute atomic E-state index is 0.246. The number of hydrogen-bond acceptors (Lipinski definition) is 4. The van der Waals surface area contributed by atoms with Gasteiger partial charge in [-0.15, -0.1) is 0 Å². The van der Waals surface area contributed by atoms with E-state index < -0.39 is 5.97 Å². The molecule has 0 amide bonds. The highest BCUT2D eigenvalue weighted by Crippen LogP contribution is 2.26. The Morgan fingerprint density at radius 3 is 2.90 bits per heavy atom. The molecule has 1 aromatic heterocycles. The van der Waals surface area contributed by atoms with Gasteiger partial charge in [0, 0.05) is 16.1 Å². The van der Waals surface area contributed by atoms with Gasteiger partial charge in [-0.05, 0) is 44.4 Å². The number of fused-ring (bicyclic) bond motifs is 1. The Balaban J connectivity index is 2.01. The molecule has 0 bridgehead atoms. The van der Waals surface area contributed by atoms with E-state index in [0.29, 0.717) is 13.2 Å². The topological polar surface area (TPSA) is 48.7 Å². The predicted molar refractivity (Wildman–Crippen MR) is 85.3 cm³/mol. The summed E-state index contributed by atoms with van der Waals surface area (Å²) in [6.07, 6.45) is 4.89. The van der Waals surface area contributed by atoms with Gasteiger partial charge in [0.2, 0.25) is 5.76 Å². The molecular formula is C16H19BrO4. The second-order valence-corrected chi connectivity index (χ2v) is 5.43. The third kappa shape index (κ3) is 4.24. The summed E-state index contributed by atoms with van der Waals surface area (Å²) >= 11 is 3.41. The maximum Gasteiger partial charge on any atom is 0.374 e. The zero-order valence-corrected chi connectivity index (χ0v) is 13.6. The first kappa shape index (κ1) is 15.9. The lowest BCUT2D eigenvalue weighted by molar-refractivity contribution is 0.0493. The van der Waals surface area contributed by atoms with E-state index in [1.165, 1.54) is 0 Å². The Bertz CT molecular complexity index is 591. The molecule has 1 heterocycles. The van der Waals surface area contributed by atoms with E-state index in [1.54, 1.807) is 13.2 Å². The van der Waals surface area contributed by atoms with Crippen LogP contribution in [0.1, 0.15) is 36.7 Å². The lowest BCUT2D eigenvalue weighted by Gasteiger charge is -2.05. The summed E-state index contributed by atoms with van der Waals surface area (Å²) in [5.41, 5.74) is 0. The molecule has 0 saturated heterocycles. The molecule has 5 heteroatoms. The number of hydrogen-bond donors (Lipinski definition) is 0. The first-order valence-electron chi connectivity index (χ1n) is 7.13. The molecule has 114 valence electrons. The number of unbranched alkanes of at least 4 members (excludes halogenated alkanes) is 2. The molecule has 0 N–H and O–H groups in total.